The van der Waals surface area contributed by atoms with Crippen LogP contribution in [0, 0.1) is 17.8 Å². The predicted octanol–water partition coefficient (Wildman–Crippen LogP) is 1.81. The number of terminal acetylenes is 1. The normalized spacial score (nSPS) is 18.0. The number of aliphatic hydroxyl groups excluding tert-OH is 2. The van der Waals surface area contributed by atoms with Gasteiger partial charge in [-0.3, -0.25) is 9.59 Å². The van der Waals surface area contributed by atoms with Crippen molar-refractivity contribution in [2.75, 3.05) is 13.2 Å². The van der Waals surface area contributed by atoms with Gasteiger partial charge in [-0.25, -0.2) is 4.79 Å². The van der Waals surface area contributed by atoms with Gasteiger partial charge in [0, 0.05) is 31.7 Å². The molecule has 2 aromatic carbocycles. The van der Waals surface area contributed by atoms with E-state index < -0.39 is 41.5 Å². The molecule has 9 heteroatoms. The van der Waals surface area contributed by atoms with E-state index in [1.165, 1.54) is 4.90 Å². The number of nitrogens with one attached hydrogen (secondary N) is 2. The van der Waals surface area contributed by atoms with Gasteiger partial charge in [0.2, 0.25) is 11.8 Å². The fourth-order valence-corrected chi connectivity index (χ4v) is 4.26. The van der Waals surface area contributed by atoms with Crippen LogP contribution in [0.5, 0.6) is 5.75 Å². The van der Waals surface area contributed by atoms with Gasteiger partial charge in [-0.05, 0) is 41.7 Å². The summed E-state index contributed by atoms with van der Waals surface area (Å²) in [4.78, 5) is 40.7. The van der Waals surface area contributed by atoms with E-state index in [1.807, 2.05) is 0 Å². The van der Waals surface area contributed by atoms with Crippen LogP contribution in [0.4, 0.5) is 4.79 Å². The van der Waals surface area contributed by atoms with Gasteiger partial charge in [0.15, 0.2) is 0 Å². The fourth-order valence-electron chi connectivity index (χ4n) is 4.26. The van der Waals surface area contributed by atoms with Crippen molar-refractivity contribution in [2.24, 2.45) is 5.41 Å². The second kappa shape index (κ2) is 12.4. The lowest BCUT2D eigenvalue weighted by molar-refractivity contribution is -0.142. The van der Waals surface area contributed by atoms with Crippen LogP contribution in [0.25, 0.3) is 0 Å². The summed E-state index contributed by atoms with van der Waals surface area (Å²) in [6, 6.07) is 13.5. The third kappa shape index (κ3) is 7.32. The second-order valence-electron chi connectivity index (χ2n) is 9.70. The Morgan fingerprint density at radius 3 is 2.46 bits per heavy atom. The van der Waals surface area contributed by atoms with Crippen LogP contribution < -0.4 is 15.4 Å². The minimum atomic E-state index is -1.12. The third-order valence-corrected chi connectivity index (χ3v) is 6.45. The first kappa shape index (κ1) is 27.7. The lowest BCUT2D eigenvalue weighted by Crippen LogP contribution is -2.58. The first-order chi connectivity index (χ1) is 17.6. The van der Waals surface area contributed by atoms with Crippen LogP contribution in [-0.4, -0.2) is 64.4 Å². The molecule has 1 aliphatic rings. The summed E-state index contributed by atoms with van der Waals surface area (Å²) >= 11 is 0. The number of ether oxygens (including phenoxy) is 1. The molecular formula is C28H33N3O6. The number of hydrogen-bond acceptors (Lipinski definition) is 6. The SMILES string of the molecule is C#Cc1ccc(CNC(=O)[C@@H]2C[C@@H](O)CN2C(=O)[C@@H](NC(=O)Oc2ccccc2)C(C)(C)CCO)cc1. The largest absolute Gasteiger partial charge is 0.413 e. The van der Waals surface area contributed by atoms with E-state index in [4.69, 9.17) is 11.2 Å². The number of β-amino-alcohol motifs (C(OH)–C–C–N with tert-alkyl or cyclic N) is 1. The number of benzene rings is 2. The molecule has 0 aliphatic carbocycles. The molecule has 1 heterocycles. The first-order valence-corrected chi connectivity index (χ1v) is 12.1. The molecule has 3 atom stereocenters. The van der Waals surface area contributed by atoms with Crippen LogP contribution in [0.15, 0.2) is 54.6 Å². The highest BCUT2D eigenvalue weighted by Crippen LogP contribution is 2.29. The molecule has 0 radical (unpaired) electrons. The maximum absolute atomic E-state index is 13.7. The molecule has 4 N–H and O–H groups in total. The van der Waals surface area contributed by atoms with Gasteiger partial charge in [0.05, 0.1) is 6.10 Å². The summed E-state index contributed by atoms with van der Waals surface area (Å²) < 4.78 is 5.31. The van der Waals surface area contributed by atoms with Crippen molar-refractivity contribution < 1.29 is 29.3 Å². The maximum Gasteiger partial charge on any atom is 0.413 e. The topological polar surface area (TPSA) is 128 Å². The highest BCUT2D eigenvalue weighted by molar-refractivity contribution is 5.92. The standard InChI is InChI=1S/C28H33N3O6/c1-4-19-10-12-20(13-11-19)17-29-25(34)23-16-21(33)18-31(23)26(35)24(28(2,3)14-15-32)30-27(36)37-22-8-6-5-7-9-22/h1,5-13,21,23-24,32-33H,14-18H2,2-3H3,(H,29,34)(H,30,36)/t21-,23+,24-/m1/s1. The van der Waals surface area contributed by atoms with Gasteiger partial charge >= 0.3 is 6.09 Å². The number of hydrogen-bond donors (Lipinski definition) is 4. The second-order valence-corrected chi connectivity index (χ2v) is 9.70. The number of amides is 3. The van der Waals surface area contributed by atoms with E-state index in [0.29, 0.717) is 5.75 Å². The molecule has 196 valence electrons. The Labute approximate surface area is 216 Å². The van der Waals surface area contributed by atoms with Gasteiger partial charge in [0.1, 0.15) is 17.8 Å². The Bertz CT molecular complexity index is 1130. The number of para-hydroxylation sites is 1. The van der Waals surface area contributed by atoms with Gasteiger partial charge < -0.3 is 30.5 Å². The summed E-state index contributed by atoms with van der Waals surface area (Å²) in [6.45, 7) is 3.41. The smallest absolute Gasteiger partial charge is 0.410 e. The quantitative estimate of drug-likeness (QED) is 0.384. The molecule has 0 saturated carbocycles. The zero-order valence-electron chi connectivity index (χ0n) is 21.0. The molecular weight excluding hydrogens is 474 g/mol. The van der Waals surface area contributed by atoms with Crippen LogP contribution in [0.2, 0.25) is 0 Å². The minimum absolute atomic E-state index is 0.0606. The lowest BCUT2D eigenvalue weighted by atomic mass is 9.80. The Balaban J connectivity index is 1.74. The average molecular weight is 508 g/mol. The van der Waals surface area contributed by atoms with Gasteiger partial charge in [0.25, 0.3) is 0 Å². The molecule has 0 spiro atoms. The van der Waals surface area contributed by atoms with Crippen molar-refractivity contribution in [3.8, 4) is 18.1 Å². The highest BCUT2D eigenvalue weighted by Gasteiger charge is 2.45. The molecule has 3 rings (SSSR count). The number of rotatable bonds is 9. The number of carbonyl (C=O) groups excluding carboxylic acids is 3. The number of aliphatic hydroxyl groups is 2. The Morgan fingerprint density at radius 2 is 1.84 bits per heavy atom. The Kier molecular flexibility index (Phi) is 9.28. The van der Waals surface area contributed by atoms with Gasteiger partial charge in [-0.2, -0.15) is 0 Å². The number of nitrogens with zero attached hydrogens (tertiary/aromatic N) is 1. The zero-order chi connectivity index (χ0) is 27.0. The van der Waals surface area contributed by atoms with Crippen molar-refractivity contribution in [1.29, 1.82) is 0 Å². The summed E-state index contributed by atoms with van der Waals surface area (Å²) in [7, 11) is 0. The van der Waals surface area contributed by atoms with E-state index in [9.17, 15) is 24.6 Å². The molecule has 0 aromatic heterocycles. The molecule has 2 aromatic rings. The summed E-state index contributed by atoms with van der Waals surface area (Å²) in [5.41, 5.74) is 0.672. The monoisotopic (exact) mass is 507 g/mol. The molecule has 1 aliphatic heterocycles. The van der Waals surface area contributed by atoms with E-state index in [-0.39, 0.29) is 32.5 Å². The van der Waals surface area contributed by atoms with Crippen LogP contribution in [0.1, 0.15) is 37.8 Å². The Hall–Kier alpha value is -3.87. The van der Waals surface area contributed by atoms with Crippen molar-refractivity contribution in [3.63, 3.8) is 0 Å². The lowest BCUT2D eigenvalue weighted by Gasteiger charge is -2.37. The summed E-state index contributed by atoms with van der Waals surface area (Å²) in [5.74, 6) is 1.87. The Morgan fingerprint density at radius 1 is 1.16 bits per heavy atom. The fraction of sp³-hybridized carbons (Fsp3) is 0.393. The van der Waals surface area contributed by atoms with Crippen molar-refractivity contribution in [2.45, 2.75) is 51.4 Å². The van der Waals surface area contributed by atoms with Crippen LogP contribution in [-0.2, 0) is 16.1 Å². The first-order valence-electron chi connectivity index (χ1n) is 12.1. The number of likely N-dealkylation sites (tertiary alicyclic amines) is 1. The molecule has 0 bridgehead atoms. The summed E-state index contributed by atoms with van der Waals surface area (Å²) in [5, 5.41) is 25.3. The number of carbonyl (C=O) groups is 3. The van der Waals surface area contributed by atoms with Gasteiger partial charge in [-0.1, -0.05) is 50.1 Å². The van der Waals surface area contributed by atoms with Crippen molar-refractivity contribution >= 4 is 17.9 Å². The molecule has 9 nitrogen and oxygen atoms in total. The highest BCUT2D eigenvalue weighted by atomic mass is 16.6. The molecule has 1 fully saturated rings. The van der Waals surface area contributed by atoms with E-state index in [2.05, 4.69) is 16.6 Å². The van der Waals surface area contributed by atoms with Crippen LogP contribution >= 0.6 is 0 Å². The average Bonchev–Trinajstić information content (AvgIpc) is 3.28. The molecule has 1 saturated heterocycles. The molecule has 3 amide bonds. The van der Waals surface area contributed by atoms with E-state index in [0.717, 1.165) is 11.1 Å². The molecule has 0 unspecified atom stereocenters. The van der Waals surface area contributed by atoms with Crippen molar-refractivity contribution in [1.82, 2.24) is 15.5 Å². The predicted molar refractivity (Wildman–Crippen MR) is 137 cm³/mol. The maximum atomic E-state index is 13.7. The summed E-state index contributed by atoms with van der Waals surface area (Å²) in [6.07, 6.45) is 3.91. The van der Waals surface area contributed by atoms with Crippen molar-refractivity contribution in [3.05, 3.63) is 65.7 Å². The van der Waals surface area contributed by atoms with Gasteiger partial charge in [-0.15, -0.1) is 6.42 Å². The van der Waals surface area contributed by atoms with E-state index in [1.54, 1.807) is 68.4 Å². The molecule has 37 heavy (non-hydrogen) atoms. The zero-order valence-corrected chi connectivity index (χ0v) is 21.0. The van der Waals surface area contributed by atoms with E-state index >= 15 is 0 Å². The minimum Gasteiger partial charge on any atom is -0.410 e. The van der Waals surface area contributed by atoms with Crippen LogP contribution in [0.3, 0.4) is 0 Å². The third-order valence-electron chi connectivity index (χ3n) is 6.45.